The van der Waals surface area contributed by atoms with E-state index in [0.29, 0.717) is 6.04 Å². The third kappa shape index (κ3) is 2.25. The first kappa shape index (κ1) is 8.63. The van der Waals surface area contributed by atoms with Gasteiger partial charge in [0, 0.05) is 24.4 Å². The Morgan fingerprint density at radius 3 is 3.00 bits per heavy atom. The minimum atomic E-state index is 0.300. The Bertz CT molecular complexity index is 294. The Morgan fingerprint density at radius 2 is 2.38 bits per heavy atom. The van der Waals surface area contributed by atoms with E-state index >= 15 is 0 Å². The van der Waals surface area contributed by atoms with Crippen LogP contribution in [0.25, 0.3) is 0 Å². The highest BCUT2D eigenvalue weighted by Gasteiger charge is 2.28. The summed E-state index contributed by atoms with van der Waals surface area (Å²) < 4.78 is 0. The van der Waals surface area contributed by atoms with Crippen LogP contribution in [-0.2, 0) is 6.42 Å². The number of aromatic nitrogens is 2. The van der Waals surface area contributed by atoms with Crippen LogP contribution in [0.3, 0.4) is 0 Å². The summed E-state index contributed by atoms with van der Waals surface area (Å²) in [6.07, 6.45) is 5.29. The van der Waals surface area contributed by atoms with Gasteiger partial charge in [0.1, 0.15) is 5.82 Å². The molecule has 2 N–H and O–H groups in total. The van der Waals surface area contributed by atoms with Gasteiger partial charge in [0.25, 0.3) is 0 Å². The molecule has 1 aliphatic carbocycles. The Kier molecular flexibility index (Phi) is 2.27. The fourth-order valence-electron chi connectivity index (χ4n) is 1.55. The van der Waals surface area contributed by atoms with Gasteiger partial charge in [-0.2, -0.15) is 0 Å². The zero-order chi connectivity index (χ0) is 9.26. The smallest absolute Gasteiger partial charge is 0.125 e. The number of hydrogen-bond donors (Lipinski definition) is 1. The fourth-order valence-corrected chi connectivity index (χ4v) is 1.55. The molecule has 0 aromatic carbocycles. The van der Waals surface area contributed by atoms with E-state index in [0.717, 1.165) is 23.9 Å². The molecule has 0 spiro atoms. The molecule has 70 valence electrons. The normalized spacial score (nSPS) is 18.6. The van der Waals surface area contributed by atoms with Crippen molar-refractivity contribution >= 4 is 0 Å². The van der Waals surface area contributed by atoms with Crippen molar-refractivity contribution in [2.24, 2.45) is 11.7 Å². The molecular formula is C10H15N3. The molecule has 0 amide bonds. The van der Waals surface area contributed by atoms with E-state index in [1.807, 2.05) is 13.0 Å². The van der Waals surface area contributed by atoms with E-state index < -0.39 is 0 Å². The molecule has 3 heteroatoms. The molecule has 2 rings (SSSR count). The SMILES string of the molecule is Cc1nccc(CC(N)C2CC2)n1. The third-order valence-electron chi connectivity index (χ3n) is 2.51. The number of nitrogens with two attached hydrogens (primary N) is 1. The van der Waals surface area contributed by atoms with Crippen molar-refractivity contribution in [2.75, 3.05) is 0 Å². The molecule has 3 nitrogen and oxygen atoms in total. The maximum Gasteiger partial charge on any atom is 0.125 e. The van der Waals surface area contributed by atoms with Crippen LogP contribution < -0.4 is 5.73 Å². The number of nitrogens with zero attached hydrogens (tertiary/aromatic N) is 2. The van der Waals surface area contributed by atoms with Gasteiger partial charge >= 0.3 is 0 Å². The van der Waals surface area contributed by atoms with Crippen molar-refractivity contribution in [3.8, 4) is 0 Å². The lowest BCUT2D eigenvalue weighted by Gasteiger charge is -2.08. The number of hydrogen-bond acceptors (Lipinski definition) is 3. The van der Waals surface area contributed by atoms with E-state index in [9.17, 15) is 0 Å². The molecule has 0 bridgehead atoms. The van der Waals surface area contributed by atoms with Crippen molar-refractivity contribution in [3.05, 3.63) is 23.8 Å². The van der Waals surface area contributed by atoms with Crippen LogP contribution in [0.2, 0.25) is 0 Å². The molecule has 1 saturated carbocycles. The molecule has 0 radical (unpaired) electrons. The molecule has 1 atom stereocenters. The van der Waals surface area contributed by atoms with Crippen LogP contribution in [0.5, 0.6) is 0 Å². The minimum absolute atomic E-state index is 0.300. The molecular weight excluding hydrogens is 162 g/mol. The van der Waals surface area contributed by atoms with Crippen molar-refractivity contribution in [1.29, 1.82) is 0 Å². The maximum atomic E-state index is 6.00. The summed E-state index contributed by atoms with van der Waals surface area (Å²) in [6, 6.07) is 2.25. The number of rotatable bonds is 3. The molecule has 1 fully saturated rings. The van der Waals surface area contributed by atoms with E-state index in [4.69, 9.17) is 5.73 Å². The molecule has 1 aromatic heterocycles. The first-order valence-electron chi connectivity index (χ1n) is 4.80. The molecule has 1 unspecified atom stereocenters. The Balaban J connectivity index is 2.00. The lowest BCUT2D eigenvalue weighted by molar-refractivity contribution is 0.582. The van der Waals surface area contributed by atoms with Crippen molar-refractivity contribution < 1.29 is 0 Å². The molecule has 1 aromatic rings. The second-order valence-corrected chi connectivity index (χ2v) is 3.80. The highest BCUT2D eigenvalue weighted by Crippen LogP contribution is 2.32. The van der Waals surface area contributed by atoms with Crippen molar-refractivity contribution in [1.82, 2.24) is 9.97 Å². The van der Waals surface area contributed by atoms with Crippen LogP contribution in [0.4, 0.5) is 0 Å². The van der Waals surface area contributed by atoms with Crippen LogP contribution in [-0.4, -0.2) is 16.0 Å². The summed E-state index contributed by atoms with van der Waals surface area (Å²) in [6.45, 7) is 1.91. The van der Waals surface area contributed by atoms with E-state index in [-0.39, 0.29) is 0 Å². The predicted molar refractivity (Wildman–Crippen MR) is 51.2 cm³/mol. The van der Waals surface area contributed by atoms with Gasteiger partial charge in [0.15, 0.2) is 0 Å². The van der Waals surface area contributed by atoms with Gasteiger partial charge in [-0.25, -0.2) is 9.97 Å². The summed E-state index contributed by atoms with van der Waals surface area (Å²) in [4.78, 5) is 8.39. The Hall–Kier alpha value is -0.960. The standard InChI is InChI=1S/C10H15N3/c1-7-12-5-4-9(13-7)6-10(11)8-2-3-8/h4-5,8,10H,2-3,6,11H2,1H3. The largest absolute Gasteiger partial charge is 0.327 e. The first-order chi connectivity index (χ1) is 6.25. The number of aryl methyl sites for hydroxylation is 1. The van der Waals surface area contributed by atoms with E-state index in [1.165, 1.54) is 12.8 Å². The summed E-state index contributed by atoms with van der Waals surface area (Å²) in [7, 11) is 0. The summed E-state index contributed by atoms with van der Waals surface area (Å²) in [5.41, 5.74) is 7.08. The van der Waals surface area contributed by atoms with Gasteiger partial charge < -0.3 is 5.73 Å². The Labute approximate surface area is 78.4 Å². The third-order valence-corrected chi connectivity index (χ3v) is 2.51. The molecule has 1 heterocycles. The van der Waals surface area contributed by atoms with Gasteiger partial charge in [-0.05, 0) is 31.7 Å². The van der Waals surface area contributed by atoms with Crippen LogP contribution >= 0.6 is 0 Å². The topological polar surface area (TPSA) is 51.8 Å². The summed E-state index contributed by atoms with van der Waals surface area (Å²) >= 11 is 0. The lowest BCUT2D eigenvalue weighted by Crippen LogP contribution is -2.25. The van der Waals surface area contributed by atoms with Gasteiger partial charge in [-0.1, -0.05) is 0 Å². The van der Waals surface area contributed by atoms with Gasteiger partial charge in [-0.15, -0.1) is 0 Å². The second-order valence-electron chi connectivity index (χ2n) is 3.80. The quantitative estimate of drug-likeness (QED) is 0.751. The zero-order valence-corrected chi connectivity index (χ0v) is 7.90. The summed E-state index contributed by atoms with van der Waals surface area (Å²) in [5.74, 6) is 1.58. The molecule has 1 aliphatic rings. The minimum Gasteiger partial charge on any atom is -0.327 e. The predicted octanol–water partition coefficient (Wildman–Crippen LogP) is 1.06. The Morgan fingerprint density at radius 1 is 1.62 bits per heavy atom. The van der Waals surface area contributed by atoms with E-state index in [1.54, 1.807) is 6.20 Å². The lowest BCUT2D eigenvalue weighted by atomic mass is 10.1. The first-order valence-corrected chi connectivity index (χ1v) is 4.80. The molecule has 13 heavy (non-hydrogen) atoms. The van der Waals surface area contributed by atoms with Crippen molar-refractivity contribution in [2.45, 2.75) is 32.2 Å². The molecule has 0 aliphatic heterocycles. The molecule has 0 saturated heterocycles. The zero-order valence-electron chi connectivity index (χ0n) is 7.90. The van der Waals surface area contributed by atoms with Crippen molar-refractivity contribution in [3.63, 3.8) is 0 Å². The monoisotopic (exact) mass is 177 g/mol. The van der Waals surface area contributed by atoms with Crippen LogP contribution in [0.1, 0.15) is 24.4 Å². The highest BCUT2D eigenvalue weighted by atomic mass is 14.9. The highest BCUT2D eigenvalue weighted by molar-refractivity contribution is 5.05. The van der Waals surface area contributed by atoms with Crippen LogP contribution in [0, 0.1) is 12.8 Å². The average molecular weight is 177 g/mol. The van der Waals surface area contributed by atoms with E-state index in [2.05, 4.69) is 9.97 Å². The van der Waals surface area contributed by atoms with Gasteiger partial charge in [0.2, 0.25) is 0 Å². The van der Waals surface area contributed by atoms with Crippen LogP contribution in [0.15, 0.2) is 12.3 Å². The maximum absolute atomic E-state index is 6.00. The average Bonchev–Trinajstić information content (AvgIpc) is 2.85. The van der Waals surface area contributed by atoms with Gasteiger partial charge in [-0.3, -0.25) is 0 Å². The summed E-state index contributed by atoms with van der Waals surface area (Å²) in [5, 5.41) is 0. The second kappa shape index (κ2) is 3.42. The van der Waals surface area contributed by atoms with Gasteiger partial charge in [0.05, 0.1) is 0 Å². The fraction of sp³-hybridized carbons (Fsp3) is 0.600.